The molecule has 0 saturated heterocycles. The molecule has 0 bridgehead atoms. The third kappa shape index (κ3) is 6.90. The summed E-state index contributed by atoms with van der Waals surface area (Å²) in [6.07, 6.45) is 0. The van der Waals surface area contributed by atoms with Crippen molar-refractivity contribution in [3.8, 4) is 0 Å². The van der Waals surface area contributed by atoms with Crippen LogP contribution in [0.25, 0.3) is 0 Å². The van der Waals surface area contributed by atoms with Crippen molar-refractivity contribution in [2.45, 2.75) is 11.9 Å². The first-order chi connectivity index (χ1) is 9.12. The van der Waals surface area contributed by atoms with Gasteiger partial charge in [-0.15, -0.1) is 0 Å². The Balaban J connectivity index is 0.000000796. The number of hydrogen-bond acceptors (Lipinski definition) is 5. The van der Waals surface area contributed by atoms with Gasteiger partial charge in [0, 0.05) is 0 Å². The average molecular weight is 311 g/mol. The molecule has 116 valence electrons. The van der Waals surface area contributed by atoms with Gasteiger partial charge in [-0.05, 0) is 26.7 Å². The minimum absolute atomic E-state index is 0.444. The number of aliphatic hydroxyl groups is 1. The van der Waals surface area contributed by atoms with E-state index in [0.717, 1.165) is 0 Å². The number of hydrogen-bond donors (Lipinski definition) is 1. The van der Waals surface area contributed by atoms with E-state index >= 15 is 0 Å². The zero-order valence-corrected chi connectivity index (χ0v) is 12.4. The Bertz CT molecular complexity index is 475. The maximum Gasteiger partial charge on any atom is 0.392 e. The predicted molar refractivity (Wildman–Crippen MR) is 71.8 cm³/mol. The van der Waals surface area contributed by atoms with E-state index in [9.17, 15) is 17.2 Å². The molecule has 0 aliphatic carbocycles. The third-order valence-electron chi connectivity index (χ3n) is 1.77. The van der Waals surface area contributed by atoms with Gasteiger partial charge in [0.25, 0.3) is 0 Å². The highest BCUT2D eigenvalue weighted by molar-refractivity contribution is 7.87. The second-order valence-corrected chi connectivity index (χ2v) is 6.08. The summed E-state index contributed by atoms with van der Waals surface area (Å²) in [5.41, 5.74) is 0.444. The first-order valence-corrected chi connectivity index (χ1v) is 7.05. The van der Waals surface area contributed by atoms with E-state index in [4.69, 9.17) is 5.11 Å². The van der Waals surface area contributed by atoms with Crippen LogP contribution in [0, 0.1) is 0 Å². The molecule has 5 nitrogen and oxygen atoms in total. The number of rotatable bonds is 5. The summed E-state index contributed by atoms with van der Waals surface area (Å²) in [6, 6.07) is 8.00. The highest BCUT2D eigenvalue weighted by Gasteiger charge is 2.45. The number of alkyl halides is 2. The molecule has 0 saturated carbocycles. The zero-order chi connectivity index (χ0) is 15.8. The van der Waals surface area contributed by atoms with Crippen LogP contribution in [0.4, 0.5) is 8.78 Å². The lowest BCUT2D eigenvalue weighted by atomic mass is 10.2. The van der Waals surface area contributed by atoms with Gasteiger partial charge in [-0.3, -0.25) is 4.18 Å². The lowest BCUT2D eigenvalue weighted by Crippen LogP contribution is -2.34. The van der Waals surface area contributed by atoms with Crippen LogP contribution in [0.2, 0.25) is 0 Å². The van der Waals surface area contributed by atoms with Gasteiger partial charge in [-0.1, -0.05) is 30.3 Å². The minimum Gasteiger partial charge on any atom is -0.389 e. The molecule has 0 fully saturated rings. The van der Waals surface area contributed by atoms with Crippen molar-refractivity contribution in [1.29, 1.82) is 0 Å². The van der Waals surface area contributed by atoms with E-state index in [0.29, 0.717) is 5.56 Å². The van der Waals surface area contributed by atoms with Gasteiger partial charge < -0.3 is 10.0 Å². The molecule has 0 aliphatic rings. The van der Waals surface area contributed by atoms with Crippen molar-refractivity contribution in [3.05, 3.63) is 35.9 Å². The molecule has 0 radical (unpaired) electrons. The first-order valence-electron chi connectivity index (χ1n) is 5.65. The van der Waals surface area contributed by atoms with Crippen LogP contribution in [-0.2, 0) is 20.9 Å². The largest absolute Gasteiger partial charge is 0.392 e. The summed E-state index contributed by atoms with van der Waals surface area (Å²) < 4.78 is 51.3. The Morgan fingerprint density at radius 2 is 1.65 bits per heavy atom. The van der Waals surface area contributed by atoms with Gasteiger partial charge in [-0.25, -0.2) is 0 Å². The summed E-state index contributed by atoms with van der Waals surface area (Å²) in [5, 5.41) is 3.94. The van der Waals surface area contributed by atoms with Crippen molar-refractivity contribution >= 4 is 10.1 Å². The normalized spacial score (nSPS) is 11.9. The molecule has 0 heterocycles. The molecule has 0 atom stereocenters. The molecular weight excluding hydrogens is 292 g/mol. The third-order valence-corrected chi connectivity index (χ3v) is 3.06. The lowest BCUT2D eigenvalue weighted by molar-refractivity contribution is 0.0138. The van der Waals surface area contributed by atoms with Gasteiger partial charge in [0.15, 0.2) is 0 Å². The summed E-state index contributed by atoms with van der Waals surface area (Å²) in [5.74, 6) is 0. The number of halogens is 2. The fourth-order valence-corrected chi connectivity index (χ4v) is 1.51. The Labute approximate surface area is 117 Å². The Hall–Kier alpha value is -1.09. The molecule has 1 N–H and O–H groups in total. The van der Waals surface area contributed by atoms with E-state index in [1.165, 1.54) is 12.1 Å². The Morgan fingerprint density at radius 3 is 2.05 bits per heavy atom. The second-order valence-electron chi connectivity index (χ2n) is 4.34. The highest BCUT2D eigenvalue weighted by atomic mass is 32.2. The summed E-state index contributed by atoms with van der Waals surface area (Å²) >= 11 is 0. The number of aliphatic hydroxyl groups excluding tert-OH is 1. The SMILES string of the molecule is CN(C)C.O=S(=O)(OCc1ccccc1)C(F)(F)CO. The van der Waals surface area contributed by atoms with Crippen molar-refractivity contribution < 1.29 is 26.5 Å². The van der Waals surface area contributed by atoms with E-state index in [-0.39, 0.29) is 0 Å². The van der Waals surface area contributed by atoms with Gasteiger partial charge in [0.2, 0.25) is 0 Å². The number of nitrogens with zero attached hydrogens (tertiary/aromatic N) is 1. The van der Waals surface area contributed by atoms with Gasteiger partial charge >= 0.3 is 15.4 Å². The molecule has 1 aromatic carbocycles. The van der Waals surface area contributed by atoms with Crippen LogP contribution >= 0.6 is 0 Å². The van der Waals surface area contributed by atoms with Crippen LogP contribution in [-0.4, -0.2) is 51.4 Å². The van der Waals surface area contributed by atoms with Crippen LogP contribution in [0.15, 0.2) is 30.3 Å². The molecule has 0 aromatic heterocycles. The molecule has 8 heteroatoms. The molecule has 1 aromatic rings. The van der Waals surface area contributed by atoms with Crippen LogP contribution in [0.5, 0.6) is 0 Å². The first kappa shape index (κ1) is 18.9. The lowest BCUT2D eigenvalue weighted by Gasteiger charge is -2.13. The number of benzene rings is 1. The summed E-state index contributed by atoms with van der Waals surface area (Å²) in [6.45, 7) is -2.29. The monoisotopic (exact) mass is 311 g/mol. The van der Waals surface area contributed by atoms with Crippen LogP contribution in [0.1, 0.15) is 5.56 Å². The molecule has 0 amide bonds. The van der Waals surface area contributed by atoms with Crippen molar-refractivity contribution in [1.82, 2.24) is 4.90 Å². The summed E-state index contributed by atoms with van der Waals surface area (Å²) in [7, 11) is 0.909. The topological polar surface area (TPSA) is 66.8 Å². The maximum absolute atomic E-state index is 12.7. The highest BCUT2D eigenvalue weighted by Crippen LogP contribution is 2.23. The van der Waals surface area contributed by atoms with E-state index in [1.54, 1.807) is 18.2 Å². The van der Waals surface area contributed by atoms with Crippen molar-refractivity contribution in [2.75, 3.05) is 27.7 Å². The van der Waals surface area contributed by atoms with Gasteiger partial charge in [0.05, 0.1) is 6.61 Å². The van der Waals surface area contributed by atoms with Crippen LogP contribution < -0.4 is 0 Å². The minimum atomic E-state index is -5.09. The second kappa shape index (κ2) is 8.25. The summed E-state index contributed by atoms with van der Waals surface area (Å²) in [4.78, 5) is 2.00. The van der Waals surface area contributed by atoms with Gasteiger partial charge in [0.1, 0.15) is 6.61 Å². The van der Waals surface area contributed by atoms with Crippen LogP contribution in [0.3, 0.4) is 0 Å². The molecular formula is C12H19F2NO4S. The molecule has 1 rings (SSSR count). The molecule has 0 aliphatic heterocycles. The van der Waals surface area contributed by atoms with Crippen molar-refractivity contribution in [3.63, 3.8) is 0 Å². The Kier molecular flexibility index (Phi) is 7.80. The predicted octanol–water partition coefficient (Wildman–Crippen LogP) is 1.30. The fraction of sp³-hybridized carbons (Fsp3) is 0.500. The van der Waals surface area contributed by atoms with E-state index < -0.39 is 28.6 Å². The fourth-order valence-electron chi connectivity index (χ4n) is 0.885. The smallest absolute Gasteiger partial charge is 0.389 e. The Morgan fingerprint density at radius 1 is 1.20 bits per heavy atom. The maximum atomic E-state index is 12.7. The average Bonchev–Trinajstić information content (AvgIpc) is 2.37. The standard InChI is InChI=1S/C9H10F2O4S.C3H9N/c10-9(11,7-12)16(13,14)15-6-8-4-2-1-3-5-8;1-4(2)3/h1-5,12H,6-7H2;1-3H3. The zero-order valence-electron chi connectivity index (χ0n) is 11.6. The quantitative estimate of drug-likeness (QED) is 0.830. The van der Waals surface area contributed by atoms with Gasteiger partial charge in [-0.2, -0.15) is 17.2 Å². The van der Waals surface area contributed by atoms with E-state index in [1.807, 2.05) is 26.0 Å². The molecule has 0 spiro atoms. The molecule has 20 heavy (non-hydrogen) atoms. The van der Waals surface area contributed by atoms with E-state index in [2.05, 4.69) is 4.18 Å². The van der Waals surface area contributed by atoms with Crippen molar-refractivity contribution in [2.24, 2.45) is 0 Å². The molecule has 0 unspecified atom stereocenters.